The van der Waals surface area contributed by atoms with Crippen LogP contribution in [0.15, 0.2) is 59.1 Å². The molecule has 1 aliphatic carbocycles. The Morgan fingerprint density at radius 3 is 2.48 bits per heavy atom. The molecule has 0 N–H and O–H groups in total. The third kappa shape index (κ3) is 2.66. The molecule has 0 amide bonds. The summed E-state index contributed by atoms with van der Waals surface area (Å²) in [5.74, 6) is 0.639. The van der Waals surface area contributed by atoms with Crippen LogP contribution >= 0.6 is 0 Å². The third-order valence-corrected chi connectivity index (χ3v) is 6.26. The average molecular weight is 356 g/mol. The molecule has 0 unspecified atom stereocenters. The van der Waals surface area contributed by atoms with Crippen molar-refractivity contribution in [2.45, 2.75) is 44.9 Å². The summed E-state index contributed by atoms with van der Waals surface area (Å²) in [4.78, 5) is 0. The van der Waals surface area contributed by atoms with Gasteiger partial charge in [0.15, 0.2) is 6.20 Å². The summed E-state index contributed by atoms with van der Waals surface area (Å²) in [6.45, 7) is 2.18. The van der Waals surface area contributed by atoms with Gasteiger partial charge in [0.05, 0.1) is 5.56 Å². The van der Waals surface area contributed by atoms with E-state index in [1.165, 1.54) is 65.3 Å². The van der Waals surface area contributed by atoms with E-state index in [2.05, 4.69) is 73.3 Å². The summed E-state index contributed by atoms with van der Waals surface area (Å²) < 4.78 is 8.82. The molecule has 0 bridgehead atoms. The minimum atomic E-state index is 0.639. The monoisotopic (exact) mass is 356 g/mol. The van der Waals surface area contributed by atoms with Crippen molar-refractivity contribution in [2.75, 3.05) is 0 Å². The SMILES string of the molecule is Cc1ccc2c(oc3c(C4CCCCC4)cccc32)c1-c1cccc[n+]1C. The van der Waals surface area contributed by atoms with E-state index in [9.17, 15) is 0 Å². The normalized spacial score (nSPS) is 15.6. The van der Waals surface area contributed by atoms with Crippen molar-refractivity contribution in [3.63, 3.8) is 0 Å². The fourth-order valence-corrected chi connectivity index (χ4v) is 4.82. The van der Waals surface area contributed by atoms with E-state index in [0.717, 1.165) is 11.2 Å². The van der Waals surface area contributed by atoms with Crippen LogP contribution in [0, 0.1) is 6.92 Å². The summed E-state index contributed by atoms with van der Waals surface area (Å²) in [5, 5.41) is 2.49. The maximum Gasteiger partial charge on any atom is 0.216 e. The predicted octanol–water partition coefficient (Wildman–Crippen LogP) is 6.43. The number of rotatable bonds is 2. The molecule has 2 aromatic carbocycles. The molecule has 1 saturated carbocycles. The van der Waals surface area contributed by atoms with E-state index in [1.807, 2.05) is 0 Å². The van der Waals surface area contributed by atoms with Gasteiger partial charge in [-0.15, -0.1) is 0 Å². The van der Waals surface area contributed by atoms with Crippen LogP contribution in [0.3, 0.4) is 0 Å². The lowest BCUT2D eigenvalue weighted by Gasteiger charge is -2.21. The number of benzene rings is 2. The fourth-order valence-electron chi connectivity index (χ4n) is 4.82. The number of aromatic nitrogens is 1. The summed E-state index contributed by atoms with van der Waals surface area (Å²) in [6.07, 6.45) is 8.73. The number of nitrogens with zero attached hydrogens (tertiary/aromatic N) is 1. The van der Waals surface area contributed by atoms with Crippen molar-refractivity contribution in [2.24, 2.45) is 7.05 Å². The van der Waals surface area contributed by atoms with Crippen molar-refractivity contribution in [1.82, 2.24) is 0 Å². The van der Waals surface area contributed by atoms with Gasteiger partial charge >= 0.3 is 0 Å². The first-order valence-corrected chi connectivity index (χ1v) is 10.1. The molecule has 0 atom stereocenters. The highest BCUT2D eigenvalue weighted by Crippen LogP contribution is 2.42. The van der Waals surface area contributed by atoms with Gasteiger partial charge in [-0.2, -0.15) is 0 Å². The van der Waals surface area contributed by atoms with E-state index in [0.29, 0.717) is 5.92 Å². The van der Waals surface area contributed by atoms with Crippen molar-refractivity contribution in [1.29, 1.82) is 0 Å². The van der Waals surface area contributed by atoms with Gasteiger partial charge in [-0.1, -0.05) is 49.6 Å². The van der Waals surface area contributed by atoms with Crippen LogP contribution in [-0.2, 0) is 7.05 Å². The molecule has 0 spiro atoms. The number of furan rings is 1. The quantitative estimate of drug-likeness (QED) is 0.378. The molecule has 1 fully saturated rings. The third-order valence-electron chi connectivity index (χ3n) is 6.26. The largest absolute Gasteiger partial charge is 0.455 e. The van der Waals surface area contributed by atoms with E-state index in [1.54, 1.807) is 0 Å². The molecule has 1 aliphatic rings. The molecule has 0 saturated heterocycles. The van der Waals surface area contributed by atoms with E-state index in [4.69, 9.17) is 4.42 Å². The molecule has 2 heterocycles. The lowest BCUT2D eigenvalue weighted by atomic mass is 9.83. The molecule has 2 heteroatoms. The van der Waals surface area contributed by atoms with Gasteiger partial charge in [0.2, 0.25) is 5.69 Å². The van der Waals surface area contributed by atoms with Crippen molar-refractivity contribution < 1.29 is 8.98 Å². The van der Waals surface area contributed by atoms with Crippen LogP contribution in [0.1, 0.15) is 49.1 Å². The Labute approximate surface area is 160 Å². The van der Waals surface area contributed by atoms with Gasteiger partial charge in [0, 0.05) is 22.9 Å². The topological polar surface area (TPSA) is 17.0 Å². The molecular weight excluding hydrogens is 330 g/mol. The van der Waals surface area contributed by atoms with Gasteiger partial charge in [-0.3, -0.25) is 0 Å². The Morgan fingerprint density at radius 1 is 0.852 bits per heavy atom. The molecule has 5 rings (SSSR count). The maximum atomic E-state index is 6.64. The molecule has 2 nitrogen and oxygen atoms in total. The number of aryl methyl sites for hydroxylation is 2. The highest BCUT2D eigenvalue weighted by molar-refractivity contribution is 6.10. The molecule has 2 aromatic heterocycles. The number of fused-ring (bicyclic) bond motifs is 3. The second-order valence-corrected chi connectivity index (χ2v) is 7.99. The summed E-state index contributed by atoms with van der Waals surface area (Å²) in [6, 6.07) is 17.5. The number of pyridine rings is 1. The first kappa shape index (κ1) is 16.6. The van der Waals surface area contributed by atoms with Gasteiger partial charge in [-0.25, -0.2) is 4.57 Å². The van der Waals surface area contributed by atoms with Gasteiger partial charge in [0.1, 0.15) is 18.2 Å². The summed E-state index contributed by atoms with van der Waals surface area (Å²) >= 11 is 0. The smallest absolute Gasteiger partial charge is 0.216 e. The van der Waals surface area contributed by atoms with Crippen LogP contribution in [0.4, 0.5) is 0 Å². The lowest BCUT2D eigenvalue weighted by molar-refractivity contribution is -0.660. The van der Waals surface area contributed by atoms with Gasteiger partial charge in [-0.05, 0) is 42.9 Å². The molecule has 0 radical (unpaired) electrons. The van der Waals surface area contributed by atoms with Gasteiger partial charge in [0.25, 0.3) is 0 Å². The Morgan fingerprint density at radius 2 is 1.67 bits per heavy atom. The second-order valence-electron chi connectivity index (χ2n) is 7.99. The standard InChI is InChI=1S/C25H26NO/c1-17-14-15-21-20-12-8-11-19(18-9-4-3-5-10-18)24(20)27-25(21)23(17)22-13-6-7-16-26(22)2/h6-8,11-16,18H,3-5,9-10H2,1-2H3/q+1. The molecule has 4 aromatic rings. The summed E-state index contributed by atoms with van der Waals surface area (Å²) in [5.41, 5.74) is 7.19. The summed E-state index contributed by atoms with van der Waals surface area (Å²) in [7, 11) is 2.10. The zero-order valence-electron chi connectivity index (χ0n) is 16.2. The predicted molar refractivity (Wildman–Crippen MR) is 111 cm³/mol. The van der Waals surface area contributed by atoms with Crippen molar-refractivity contribution in [3.8, 4) is 11.3 Å². The van der Waals surface area contributed by atoms with Crippen LogP contribution in [0.5, 0.6) is 0 Å². The first-order chi connectivity index (χ1) is 13.2. The average Bonchev–Trinajstić information content (AvgIpc) is 3.08. The maximum absolute atomic E-state index is 6.64. The van der Waals surface area contributed by atoms with E-state index >= 15 is 0 Å². The fraction of sp³-hybridized carbons (Fsp3) is 0.320. The molecule has 136 valence electrons. The molecule has 27 heavy (non-hydrogen) atoms. The number of para-hydroxylation sites is 1. The zero-order valence-corrected chi connectivity index (χ0v) is 16.2. The number of hydrogen-bond donors (Lipinski definition) is 0. The van der Waals surface area contributed by atoms with Crippen LogP contribution in [0.2, 0.25) is 0 Å². The Balaban J connectivity index is 1.80. The van der Waals surface area contributed by atoms with Crippen LogP contribution in [0.25, 0.3) is 33.2 Å². The van der Waals surface area contributed by atoms with E-state index in [-0.39, 0.29) is 0 Å². The minimum Gasteiger partial charge on any atom is -0.455 e. The molecule has 0 aliphatic heterocycles. The van der Waals surface area contributed by atoms with E-state index < -0.39 is 0 Å². The second kappa shape index (κ2) is 6.53. The minimum absolute atomic E-state index is 0.639. The van der Waals surface area contributed by atoms with Crippen molar-refractivity contribution >= 4 is 21.9 Å². The lowest BCUT2D eigenvalue weighted by Crippen LogP contribution is -2.30. The number of hydrogen-bond acceptors (Lipinski definition) is 1. The Bertz CT molecular complexity index is 1130. The highest BCUT2D eigenvalue weighted by atomic mass is 16.3. The van der Waals surface area contributed by atoms with Crippen molar-refractivity contribution in [3.05, 3.63) is 65.9 Å². The van der Waals surface area contributed by atoms with Crippen LogP contribution in [-0.4, -0.2) is 0 Å². The first-order valence-electron chi connectivity index (χ1n) is 10.1. The molecular formula is C25H26NO+. The van der Waals surface area contributed by atoms with Gasteiger partial charge < -0.3 is 4.42 Å². The van der Waals surface area contributed by atoms with Crippen LogP contribution < -0.4 is 4.57 Å². The Hall–Kier alpha value is -2.61. The zero-order chi connectivity index (χ0) is 18.4. The highest BCUT2D eigenvalue weighted by Gasteiger charge is 2.24. The Kier molecular flexibility index (Phi) is 4.00.